The van der Waals surface area contributed by atoms with Crippen LogP contribution in [-0.4, -0.2) is 22.7 Å². The van der Waals surface area contributed by atoms with E-state index in [1.165, 1.54) is 6.08 Å². The second-order valence-corrected chi connectivity index (χ2v) is 6.38. The van der Waals surface area contributed by atoms with Crippen molar-refractivity contribution in [3.63, 3.8) is 0 Å². The molecule has 2 aromatic carbocycles. The molecule has 0 atom stereocenters. The Labute approximate surface area is 165 Å². The first kappa shape index (κ1) is 19.4. The topological polar surface area (TPSA) is 53.4 Å². The molecule has 0 aliphatic rings. The largest absolute Gasteiger partial charge is 0.496 e. The number of nitrogens with zero attached hydrogens (tertiary/aromatic N) is 2. The van der Waals surface area contributed by atoms with Gasteiger partial charge in [-0.05, 0) is 55.3 Å². The smallest absolute Gasteiger partial charge is 0.206 e. The summed E-state index contributed by atoms with van der Waals surface area (Å²) in [7, 11) is 1.63. The van der Waals surface area contributed by atoms with E-state index in [0.29, 0.717) is 12.3 Å². The molecule has 1 heterocycles. The van der Waals surface area contributed by atoms with E-state index >= 15 is 0 Å². The maximum absolute atomic E-state index is 12.3. The van der Waals surface area contributed by atoms with Gasteiger partial charge in [0.25, 0.3) is 0 Å². The number of methoxy groups -OCH3 is 1. The van der Waals surface area contributed by atoms with Crippen LogP contribution in [0, 0.1) is 6.92 Å². The second kappa shape index (κ2) is 9.04. The predicted octanol–water partition coefficient (Wildman–Crippen LogP) is 4.70. The first-order chi connectivity index (χ1) is 13.6. The van der Waals surface area contributed by atoms with E-state index in [1.54, 1.807) is 30.1 Å². The van der Waals surface area contributed by atoms with Crippen LogP contribution in [0.5, 0.6) is 11.5 Å². The molecule has 5 nitrogen and oxygen atoms in total. The molecule has 0 N–H and O–H groups in total. The highest BCUT2D eigenvalue weighted by Gasteiger charge is 2.08. The Morgan fingerprint density at radius 1 is 1.14 bits per heavy atom. The normalized spacial score (nSPS) is 11.0. The van der Waals surface area contributed by atoms with Crippen molar-refractivity contribution in [2.45, 2.75) is 27.0 Å². The number of hydrogen-bond acceptors (Lipinski definition) is 4. The lowest BCUT2D eigenvalue weighted by Gasteiger charge is -2.12. The quantitative estimate of drug-likeness (QED) is 0.423. The fourth-order valence-corrected chi connectivity index (χ4v) is 2.82. The number of hydrogen-bond donors (Lipinski definition) is 0. The van der Waals surface area contributed by atoms with Crippen molar-refractivity contribution in [2.24, 2.45) is 0 Å². The third-order valence-corrected chi connectivity index (χ3v) is 4.43. The first-order valence-corrected chi connectivity index (χ1v) is 9.22. The minimum atomic E-state index is -0.124. The molecule has 0 saturated carbocycles. The summed E-state index contributed by atoms with van der Waals surface area (Å²) in [4.78, 5) is 12.3. The summed E-state index contributed by atoms with van der Waals surface area (Å²) in [6, 6.07) is 15.4. The number of aryl methyl sites for hydroxylation is 2. The fraction of sp³-hybridized carbons (Fsp3) is 0.217. The Bertz CT molecular complexity index is 989. The van der Waals surface area contributed by atoms with Crippen molar-refractivity contribution in [1.29, 1.82) is 0 Å². The number of aromatic nitrogens is 2. The Morgan fingerprint density at radius 3 is 2.68 bits per heavy atom. The number of para-hydroxylation sites is 1. The van der Waals surface area contributed by atoms with Gasteiger partial charge in [-0.3, -0.25) is 9.48 Å². The molecule has 0 spiro atoms. The molecule has 144 valence electrons. The zero-order valence-corrected chi connectivity index (χ0v) is 16.4. The molecule has 0 unspecified atom stereocenters. The van der Waals surface area contributed by atoms with Gasteiger partial charge in [0.1, 0.15) is 23.8 Å². The van der Waals surface area contributed by atoms with E-state index in [2.05, 4.69) is 5.10 Å². The van der Waals surface area contributed by atoms with E-state index < -0.39 is 0 Å². The van der Waals surface area contributed by atoms with E-state index in [-0.39, 0.29) is 5.78 Å². The summed E-state index contributed by atoms with van der Waals surface area (Å²) in [6.07, 6.45) is 5.12. The minimum Gasteiger partial charge on any atom is -0.496 e. The van der Waals surface area contributed by atoms with Crippen molar-refractivity contribution < 1.29 is 14.3 Å². The standard InChI is InChI=1S/C23H24N2O3/c1-4-25-14-13-20(24-25)21(26)11-9-18-10-12-23(27-3)19(15-18)16-28-22-8-6-5-7-17(22)2/h5-15H,4,16H2,1-3H3/b11-9+. The van der Waals surface area contributed by atoms with Crippen LogP contribution in [0.1, 0.15) is 34.1 Å². The van der Waals surface area contributed by atoms with E-state index in [9.17, 15) is 4.79 Å². The lowest BCUT2D eigenvalue weighted by Crippen LogP contribution is -2.01. The lowest BCUT2D eigenvalue weighted by molar-refractivity contribution is 0.104. The summed E-state index contributed by atoms with van der Waals surface area (Å²) in [5.74, 6) is 1.46. The molecule has 1 aromatic heterocycles. The zero-order chi connectivity index (χ0) is 19.9. The van der Waals surface area contributed by atoms with Crippen molar-refractivity contribution in [1.82, 2.24) is 9.78 Å². The predicted molar refractivity (Wildman–Crippen MR) is 110 cm³/mol. The van der Waals surface area contributed by atoms with Crippen molar-refractivity contribution in [3.05, 3.63) is 83.2 Å². The molecule has 0 aliphatic carbocycles. The minimum absolute atomic E-state index is 0.124. The highest BCUT2D eigenvalue weighted by atomic mass is 16.5. The Kier molecular flexibility index (Phi) is 6.27. The van der Waals surface area contributed by atoms with Crippen LogP contribution in [0.2, 0.25) is 0 Å². The van der Waals surface area contributed by atoms with Crippen LogP contribution in [0.15, 0.2) is 60.8 Å². The highest BCUT2D eigenvalue weighted by molar-refractivity contribution is 6.05. The Hall–Kier alpha value is -3.34. The Morgan fingerprint density at radius 2 is 1.96 bits per heavy atom. The fourth-order valence-electron chi connectivity index (χ4n) is 2.82. The SMILES string of the molecule is CCn1ccc(C(=O)/C=C/c2ccc(OC)c(COc3ccccc3C)c2)n1. The van der Waals surface area contributed by atoms with E-state index in [1.807, 2.05) is 56.3 Å². The van der Waals surface area contributed by atoms with Gasteiger partial charge in [0.05, 0.1) is 7.11 Å². The number of benzene rings is 2. The van der Waals surface area contributed by atoms with Gasteiger partial charge in [0.15, 0.2) is 0 Å². The molecule has 0 bridgehead atoms. The first-order valence-electron chi connectivity index (χ1n) is 9.22. The average Bonchev–Trinajstić information content (AvgIpc) is 3.21. The summed E-state index contributed by atoms with van der Waals surface area (Å²) >= 11 is 0. The highest BCUT2D eigenvalue weighted by Crippen LogP contribution is 2.24. The van der Waals surface area contributed by atoms with E-state index in [4.69, 9.17) is 9.47 Å². The van der Waals surface area contributed by atoms with Gasteiger partial charge >= 0.3 is 0 Å². The molecule has 5 heteroatoms. The van der Waals surface area contributed by atoms with Gasteiger partial charge < -0.3 is 9.47 Å². The molecule has 0 aliphatic heterocycles. The number of ketones is 1. The number of allylic oxidation sites excluding steroid dienone is 1. The molecule has 0 fully saturated rings. The molecule has 0 amide bonds. The molecule has 28 heavy (non-hydrogen) atoms. The van der Waals surface area contributed by atoms with Gasteiger partial charge in [0.2, 0.25) is 5.78 Å². The van der Waals surface area contributed by atoms with Crippen LogP contribution in [0.4, 0.5) is 0 Å². The third kappa shape index (κ3) is 4.68. The average molecular weight is 376 g/mol. The van der Waals surface area contributed by atoms with Crippen molar-refractivity contribution >= 4 is 11.9 Å². The summed E-state index contributed by atoms with van der Waals surface area (Å²) in [5, 5.41) is 4.23. The summed E-state index contributed by atoms with van der Waals surface area (Å²) in [5.41, 5.74) is 3.33. The van der Waals surface area contributed by atoms with Crippen LogP contribution < -0.4 is 9.47 Å². The third-order valence-electron chi connectivity index (χ3n) is 4.43. The van der Waals surface area contributed by atoms with Crippen LogP contribution in [0.25, 0.3) is 6.08 Å². The molecule has 3 aromatic rings. The number of carbonyl (C=O) groups is 1. The van der Waals surface area contributed by atoms with Crippen LogP contribution >= 0.6 is 0 Å². The maximum Gasteiger partial charge on any atom is 0.206 e. The monoisotopic (exact) mass is 376 g/mol. The lowest BCUT2D eigenvalue weighted by atomic mass is 10.1. The molecular formula is C23H24N2O3. The molecular weight excluding hydrogens is 352 g/mol. The van der Waals surface area contributed by atoms with Crippen LogP contribution in [-0.2, 0) is 13.2 Å². The molecule has 3 rings (SSSR count). The zero-order valence-electron chi connectivity index (χ0n) is 16.4. The molecule has 0 radical (unpaired) electrons. The van der Waals surface area contributed by atoms with Crippen molar-refractivity contribution in [2.75, 3.05) is 7.11 Å². The maximum atomic E-state index is 12.3. The summed E-state index contributed by atoms with van der Waals surface area (Å²) in [6.45, 7) is 5.11. The Balaban J connectivity index is 1.74. The van der Waals surface area contributed by atoms with Crippen LogP contribution in [0.3, 0.4) is 0 Å². The number of ether oxygens (including phenoxy) is 2. The van der Waals surface area contributed by atoms with Gasteiger partial charge in [-0.2, -0.15) is 5.10 Å². The number of rotatable bonds is 8. The van der Waals surface area contributed by atoms with Gasteiger partial charge in [0, 0.05) is 18.3 Å². The second-order valence-electron chi connectivity index (χ2n) is 6.38. The van der Waals surface area contributed by atoms with Gasteiger partial charge in [-0.1, -0.05) is 30.3 Å². The molecule has 0 saturated heterocycles. The van der Waals surface area contributed by atoms with Crippen molar-refractivity contribution in [3.8, 4) is 11.5 Å². The summed E-state index contributed by atoms with van der Waals surface area (Å²) < 4.78 is 13.1. The van der Waals surface area contributed by atoms with Gasteiger partial charge in [-0.25, -0.2) is 0 Å². The van der Waals surface area contributed by atoms with E-state index in [0.717, 1.165) is 34.7 Å². The van der Waals surface area contributed by atoms with Gasteiger partial charge in [-0.15, -0.1) is 0 Å². The number of carbonyl (C=O) groups excluding carboxylic acids is 1.